The van der Waals surface area contributed by atoms with E-state index in [4.69, 9.17) is 4.42 Å². The van der Waals surface area contributed by atoms with Gasteiger partial charge in [-0.3, -0.25) is 4.90 Å². The van der Waals surface area contributed by atoms with E-state index in [1.165, 1.54) is 130 Å². The molecule has 2 aliphatic heterocycles. The Morgan fingerprint density at radius 3 is 1.27 bits per heavy atom. The molecule has 0 spiro atoms. The molecule has 14 rings (SSSR count). The highest BCUT2D eigenvalue weighted by Gasteiger charge is 2.51. The van der Waals surface area contributed by atoms with Gasteiger partial charge in [0.25, 0.3) is 6.71 Å². The molecule has 6 aliphatic rings. The predicted octanol–water partition coefficient (Wildman–Crippen LogP) is 20.5. The van der Waals surface area contributed by atoms with Crippen LogP contribution in [0.3, 0.4) is 0 Å². The first-order chi connectivity index (χ1) is 39.2. The molecule has 0 amide bonds. The maximum atomic E-state index is 7.71. The molecule has 4 heteroatoms. The Bertz CT molecular complexity index is 4090. The molecule has 0 saturated carbocycles. The summed E-state index contributed by atoms with van der Waals surface area (Å²) in [7, 11) is 0. The standard InChI is InChI=1S/C80H93BN2O/c1-72(2,3)50-25-30-68-55(41-50)69-71(84-68)83(52-27-29-57-59(43-52)76(10,11)34-32-74(57,6)7)67-40-49(54-45-61-60(77(12,13)35-36-78(61,14)15)44-53(54)48-23-21-20-22-24-48)39-66-70(67)81(69)64-46-62-63(80(18,19)38-37-79(62,16)17)47-65(64)82(66)51-26-28-56-58(42-51)75(8,9)33-31-73(56,4)5/h20-30,39-47H,31-38H2,1-19H3. The van der Waals surface area contributed by atoms with E-state index in [1.807, 2.05) is 0 Å². The van der Waals surface area contributed by atoms with Crippen LogP contribution < -0.4 is 26.2 Å². The van der Waals surface area contributed by atoms with E-state index in [1.54, 1.807) is 0 Å². The zero-order valence-electron chi connectivity index (χ0n) is 54.6. The Labute approximate surface area is 505 Å². The van der Waals surface area contributed by atoms with Gasteiger partial charge in [0.05, 0.1) is 0 Å². The van der Waals surface area contributed by atoms with Crippen LogP contribution in [0.4, 0.5) is 34.3 Å². The van der Waals surface area contributed by atoms with Gasteiger partial charge in [-0.25, -0.2) is 0 Å². The molecule has 1 aromatic heterocycles. The third kappa shape index (κ3) is 8.23. The SMILES string of the molecule is CC(C)(C)c1ccc2oc3c(c2c1)B1c2cc4c(cc2N(c2ccc5c(c2)C(C)(C)CCC5(C)C)c2cc(-c5cc6c(cc5-c5ccccc5)C(C)(C)CCC6(C)C)cc(c21)N3c1ccc2c(c1)C(C)(C)CCC2(C)C)C(C)(C)CCC4(C)C. The summed E-state index contributed by atoms with van der Waals surface area (Å²) in [5, 5.41) is 1.22. The third-order valence-corrected chi connectivity index (χ3v) is 23.1. The minimum absolute atomic E-state index is 0.00157. The second-order valence-electron chi connectivity index (χ2n) is 33.6. The molecule has 0 bridgehead atoms. The van der Waals surface area contributed by atoms with Crippen molar-refractivity contribution in [3.8, 4) is 22.3 Å². The molecular weight excluding hydrogens is 1020 g/mol. The normalized spacial score (nSPS) is 21.1. The predicted molar refractivity (Wildman–Crippen MR) is 361 cm³/mol. The smallest absolute Gasteiger partial charge is 0.257 e. The summed E-state index contributed by atoms with van der Waals surface area (Å²) in [6, 6.07) is 49.5. The molecule has 3 nitrogen and oxygen atoms in total. The molecule has 0 atom stereocenters. The molecule has 84 heavy (non-hydrogen) atoms. The summed E-state index contributed by atoms with van der Waals surface area (Å²) in [5.74, 6) is 0.940. The molecule has 0 radical (unpaired) electrons. The van der Waals surface area contributed by atoms with Crippen LogP contribution in [0.1, 0.15) is 233 Å². The number of hydrogen-bond donors (Lipinski definition) is 0. The number of furan rings is 1. The fraction of sp³-hybridized carbons (Fsp3) is 0.450. The molecule has 0 N–H and O–H groups in total. The molecule has 7 aromatic carbocycles. The molecular formula is C80H93BN2O. The minimum Gasteiger partial charge on any atom is -0.440 e. The van der Waals surface area contributed by atoms with Gasteiger partial charge in [0.1, 0.15) is 5.58 Å². The van der Waals surface area contributed by atoms with Crippen LogP contribution >= 0.6 is 0 Å². The first kappa shape index (κ1) is 55.6. The van der Waals surface area contributed by atoms with Gasteiger partial charge in [0, 0.05) is 39.3 Å². The Balaban J connectivity index is 1.18. The van der Waals surface area contributed by atoms with Crippen molar-refractivity contribution in [2.75, 3.05) is 9.80 Å². The van der Waals surface area contributed by atoms with Crippen molar-refractivity contribution in [1.82, 2.24) is 0 Å². The van der Waals surface area contributed by atoms with Gasteiger partial charge in [-0.1, -0.05) is 186 Å². The highest BCUT2D eigenvalue weighted by atomic mass is 16.4. The molecule has 0 unspecified atom stereocenters. The summed E-state index contributed by atoms with van der Waals surface area (Å²) in [6.45, 7) is 46.7. The van der Waals surface area contributed by atoms with Crippen LogP contribution in [-0.2, 0) is 48.7 Å². The van der Waals surface area contributed by atoms with E-state index < -0.39 is 0 Å². The number of anilines is 6. The van der Waals surface area contributed by atoms with Gasteiger partial charge in [-0.2, -0.15) is 0 Å². The van der Waals surface area contributed by atoms with Crippen LogP contribution in [0.25, 0.3) is 33.2 Å². The van der Waals surface area contributed by atoms with Crippen molar-refractivity contribution in [2.24, 2.45) is 0 Å². The number of fused-ring (bicyclic) bond motifs is 10. The molecule has 4 aliphatic carbocycles. The van der Waals surface area contributed by atoms with E-state index in [2.05, 4.69) is 263 Å². The molecule has 0 fully saturated rings. The summed E-state index contributed by atoms with van der Waals surface area (Å²) >= 11 is 0. The monoisotopic (exact) mass is 1110 g/mol. The molecule has 0 saturated heterocycles. The van der Waals surface area contributed by atoms with Crippen LogP contribution in [0.15, 0.2) is 126 Å². The van der Waals surface area contributed by atoms with Gasteiger partial charge >= 0.3 is 0 Å². The number of hydrogen-bond acceptors (Lipinski definition) is 3. The number of rotatable bonds is 4. The van der Waals surface area contributed by atoms with Crippen LogP contribution in [0, 0.1) is 0 Å². The average molecular weight is 1110 g/mol. The lowest BCUT2D eigenvalue weighted by Gasteiger charge is -2.47. The fourth-order valence-corrected chi connectivity index (χ4v) is 16.9. The van der Waals surface area contributed by atoms with Crippen molar-refractivity contribution in [3.05, 3.63) is 171 Å². The van der Waals surface area contributed by atoms with Crippen LogP contribution in [0.2, 0.25) is 0 Å². The zero-order valence-corrected chi connectivity index (χ0v) is 54.6. The lowest BCUT2D eigenvalue weighted by atomic mass is 9.33. The van der Waals surface area contributed by atoms with E-state index in [-0.39, 0.29) is 55.4 Å². The lowest BCUT2D eigenvalue weighted by Crippen LogP contribution is -2.61. The average Bonchev–Trinajstić information content (AvgIpc) is 1.16. The largest absolute Gasteiger partial charge is 0.440 e. The van der Waals surface area contributed by atoms with Crippen molar-refractivity contribution in [1.29, 1.82) is 0 Å². The summed E-state index contributed by atoms with van der Waals surface area (Å²) in [6.07, 6.45) is 9.23. The maximum Gasteiger partial charge on any atom is 0.257 e. The molecule has 3 heterocycles. The first-order valence-electron chi connectivity index (χ1n) is 32.3. The van der Waals surface area contributed by atoms with Gasteiger partial charge < -0.3 is 9.32 Å². The molecule has 432 valence electrons. The zero-order chi connectivity index (χ0) is 59.6. The Kier molecular flexibility index (Phi) is 11.7. The maximum absolute atomic E-state index is 7.71. The Hall–Kier alpha value is -6.26. The summed E-state index contributed by atoms with van der Waals surface area (Å²) in [5.41, 5.74) is 29.4. The van der Waals surface area contributed by atoms with E-state index in [0.717, 1.165) is 55.7 Å². The summed E-state index contributed by atoms with van der Waals surface area (Å²) in [4.78, 5) is 5.37. The van der Waals surface area contributed by atoms with Crippen LogP contribution in [0.5, 0.6) is 0 Å². The van der Waals surface area contributed by atoms with Gasteiger partial charge in [0.15, 0.2) is 0 Å². The van der Waals surface area contributed by atoms with Crippen LogP contribution in [-0.4, -0.2) is 6.71 Å². The Morgan fingerprint density at radius 1 is 0.369 bits per heavy atom. The lowest BCUT2D eigenvalue weighted by molar-refractivity contribution is 0.332. The second kappa shape index (κ2) is 17.7. The van der Waals surface area contributed by atoms with E-state index in [9.17, 15) is 0 Å². The van der Waals surface area contributed by atoms with E-state index >= 15 is 0 Å². The first-order valence-corrected chi connectivity index (χ1v) is 32.3. The van der Waals surface area contributed by atoms with Crippen molar-refractivity contribution in [2.45, 2.75) is 232 Å². The Morgan fingerprint density at radius 2 is 0.786 bits per heavy atom. The third-order valence-electron chi connectivity index (χ3n) is 23.1. The number of nitrogens with zero attached hydrogens (tertiary/aromatic N) is 2. The fourth-order valence-electron chi connectivity index (χ4n) is 16.9. The quantitative estimate of drug-likeness (QED) is 0.164. The topological polar surface area (TPSA) is 19.6 Å². The number of benzene rings is 7. The van der Waals surface area contributed by atoms with Gasteiger partial charge in [-0.15, -0.1) is 0 Å². The minimum atomic E-state index is -0.123. The van der Waals surface area contributed by atoms with Gasteiger partial charge in [0.2, 0.25) is 5.88 Å². The summed E-state index contributed by atoms with van der Waals surface area (Å²) < 4.78 is 7.71. The van der Waals surface area contributed by atoms with Crippen molar-refractivity contribution < 1.29 is 4.42 Å². The molecule has 8 aromatic rings. The van der Waals surface area contributed by atoms with E-state index in [0.29, 0.717) is 0 Å². The van der Waals surface area contributed by atoms with Gasteiger partial charge in [-0.05, 0) is 250 Å². The second-order valence-corrected chi connectivity index (χ2v) is 33.6. The van der Waals surface area contributed by atoms with Crippen molar-refractivity contribution >= 4 is 68.4 Å². The highest BCUT2D eigenvalue weighted by Crippen LogP contribution is 2.57. The van der Waals surface area contributed by atoms with Crippen molar-refractivity contribution in [3.63, 3.8) is 0 Å². The highest BCUT2D eigenvalue weighted by molar-refractivity contribution is 7.01.